The van der Waals surface area contributed by atoms with Crippen molar-refractivity contribution in [1.82, 2.24) is 0 Å². The van der Waals surface area contributed by atoms with Crippen LogP contribution in [0, 0.1) is 15.9 Å². The molecule has 0 aliphatic rings. The Hall–Kier alpha value is -2.22. The van der Waals surface area contributed by atoms with Crippen molar-refractivity contribution in [3.05, 3.63) is 33.6 Å². The summed E-state index contributed by atoms with van der Waals surface area (Å²) in [6.07, 6.45) is 0. The number of nitrogens with one attached hydrogen (secondary N) is 1. The number of halogens is 1. The van der Waals surface area contributed by atoms with Crippen molar-refractivity contribution < 1.29 is 24.3 Å². The average Bonchev–Trinajstić information content (AvgIpc) is 2.25. The van der Waals surface area contributed by atoms with Gasteiger partial charge in [0.15, 0.2) is 0 Å². The van der Waals surface area contributed by atoms with Crippen LogP contribution in [0.4, 0.5) is 15.8 Å². The molecule has 0 heterocycles. The molecule has 8 heteroatoms. The molecule has 0 saturated carbocycles. The molecule has 19 heavy (non-hydrogen) atoms. The molecule has 1 aromatic carbocycles. The number of nitro benzene ring substituents is 1. The first kappa shape index (κ1) is 14.8. The first-order valence-corrected chi connectivity index (χ1v) is 5.29. The number of nitro groups is 1. The highest BCUT2D eigenvalue weighted by Gasteiger charge is 2.23. The first-order chi connectivity index (χ1) is 8.61. The van der Waals surface area contributed by atoms with Crippen molar-refractivity contribution in [3.8, 4) is 0 Å². The third-order valence-corrected chi connectivity index (χ3v) is 2.22. The molecule has 0 fully saturated rings. The summed E-state index contributed by atoms with van der Waals surface area (Å²) >= 11 is 0. The highest BCUT2D eigenvalue weighted by atomic mass is 19.1. The van der Waals surface area contributed by atoms with Gasteiger partial charge in [-0.25, -0.2) is 9.18 Å². The number of hydrogen-bond donors (Lipinski definition) is 3. The van der Waals surface area contributed by atoms with E-state index in [1.807, 2.05) is 0 Å². The topological polar surface area (TPSA) is 113 Å². The van der Waals surface area contributed by atoms with Gasteiger partial charge in [-0.1, -0.05) is 0 Å². The molecule has 0 bridgehead atoms. The molecule has 0 aliphatic heterocycles. The second-order valence-corrected chi connectivity index (χ2v) is 4.58. The standard InChI is InChI=1S/C11H13FN2O5/c1-11(2,17)5-13-8-3-6(10(15)16)7(12)4-9(8)14(18)19/h3-4,13,17H,5H2,1-2H3,(H,15,16). The van der Waals surface area contributed by atoms with Gasteiger partial charge < -0.3 is 15.5 Å². The normalized spacial score (nSPS) is 11.2. The van der Waals surface area contributed by atoms with Gasteiger partial charge in [-0.05, 0) is 19.9 Å². The van der Waals surface area contributed by atoms with Gasteiger partial charge in [-0.3, -0.25) is 10.1 Å². The van der Waals surface area contributed by atoms with E-state index in [-0.39, 0.29) is 12.2 Å². The predicted molar refractivity (Wildman–Crippen MR) is 64.8 cm³/mol. The van der Waals surface area contributed by atoms with E-state index in [0.717, 1.165) is 6.07 Å². The molecule has 0 atom stereocenters. The number of aliphatic hydroxyl groups is 1. The van der Waals surface area contributed by atoms with Crippen LogP contribution in [0.2, 0.25) is 0 Å². The second kappa shape index (κ2) is 5.19. The Morgan fingerprint density at radius 2 is 2.11 bits per heavy atom. The summed E-state index contributed by atoms with van der Waals surface area (Å²) in [6.45, 7) is 2.87. The molecule has 0 radical (unpaired) electrons. The second-order valence-electron chi connectivity index (χ2n) is 4.58. The number of carboxylic acid groups (broad SMARTS) is 1. The molecule has 0 spiro atoms. The molecule has 3 N–H and O–H groups in total. The van der Waals surface area contributed by atoms with Crippen LogP contribution >= 0.6 is 0 Å². The highest BCUT2D eigenvalue weighted by Crippen LogP contribution is 2.28. The summed E-state index contributed by atoms with van der Waals surface area (Å²) in [5, 5.41) is 31.6. The smallest absolute Gasteiger partial charge is 0.338 e. The third-order valence-electron chi connectivity index (χ3n) is 2.22. The van der Waals surface area contributed by atoms with Crippen molar-refractivity contribution in [3.63, 3.8) is 0 Å². The molecular weight excluding hydrogens is 259 g/mol. The van der Waals surface area contributed by atoms with Crippen LogP contribution in [-0.4, -0.2) is 33.3 Å². The lowest BCUT2D eigenvalue weighted by molar-refractivity contribution is -0.384. The fourth-order valence-electron chi connectivity index (χ4n) is 1.33. The summed E-state index contributed by atoms with van der Waals surface area (Å²) in [4.78, 5) is 20.7. The zero-order valence-electron chi connectivity index (χ0n) is 10.3. The maximum atomic E-state index is 13.4. The number of carboxylic acids is 1. The van der Waals surface area contributed by atoms with Crippen molar-refractivity contribution in [2.24, 2.45) is 0 Å². The van der Waals surface area contributed by atoms with Gasteiger partial charge >= 0.3 is 5.97 Å². The van der Waals surface area contributed by atoms with Gasteiger partial charge in [-0.2, -0.15) is 0 Å². The maximum absolute atomic E-state index is 13.4. The quantitative estimate of drug-likeness (QED) is 0.554. The van der Waals surface area contributed by atoms with Crippen LogP contribution in [0.25, 0.3) is 0 Å². The Labute approximate surface area is 107 Å². The van der Waals surface area contributed by atoms with Crippen LogP contribution < -0.4 is 5.32 Å². The third kappa shape index (κ3) is 3.88. The molecule has 0 aliphatic carbocycles. The van der Waals surface area contributed by atoms with E-state index in [2.05, 4.69) is 5.32 Å². The Bertz CT molecular complexity index is 525. The Balaban J connectivity index is 3.22. The number of rotatable bonds is 5. The van der Waals surface area contributed by atoms with Crippen molar-refractivity contribution in [2.75, 3.05) is 11.9 Å². The lowest BCUT2D eigenvalue weighted by atomic mass is 10.1. The summed E-state index contributed by atoms with van der Waals surface area (Å²) in [5.74, 6) is -2.72. The molecule has 0 amide bonds. The van der Waals surface area contributed by atoms with Crippen molar-refractivity contribution >= 4 is 17.3 Å². The Morgan fingerprint density at radius 3 is 2.53 bits per heavy atom. The molecule has 1 rings (SSSR count). The largest absolute Gasteiger partial charge is 0.478 e. The monoisotopic (exact) mass is 272 g/mol. The van der Waals surface area contributed by atoms with E-state index in [1.165, 1.54) is 13.8 Å². The average molecular weight is 272 g/mol. The Morgan fingerprint density at radius 1 is 1.53 bits per heavy atom. The fourth-order valence-corrected chi connectivity index (χ4v) is 1.33. The van der Waals surface area contributed by atoms with E-state index in [9.17, 15) is 24.4 Å². The van der Waals surface area contributed by atoms with Gasteiger partial charge in [-0.15, -0.1) is 0 Å². The summed E-state index contributed by atoms with van der Waals surface area (Å²) < 4.78 is 13.4. The minimum atomic E-state index is -1.53. The van der Waals surface area contributed by atoms with E-state index < -0.39 is 33.6 Å². The number of carbonyl (C=O) groups is 1. The minimum Gasteiger partial charge on any atom is -0.478 e. The van der Waals surface area contributed by atoms with Gasteiger partial charge in [0.1, 0.15) is 11.5 Å². The molecule has 0 unspecified atom stereocenters. The number of aromatic carboxylic acids is 1. The van der Waals surface area contributed by atoms with Crippen LogP contribution in [0.3, 0.4) is 0 Å². The molecular formula is C11H13FN2O5. The first-order valence-electron chi connectivity index (χ1n) is 5.29. The van der Waals surface area contributed by atoms with Gasteiger partial charge in [0.25, 0.3) is 5.69 Å². The number of hydrogen-bond acceptors (Lipinski definition) is 5. The number of anilines is 1. The molecule has 0 saturated heterocycles. The van der Waals surface area contributed by atoms with Crippen molar-refractivity contribution in [2.45, 2.75) is 19.4 Å². The SMILES string of the molecule is CC(C)(O)CNc1cc(C(=O)O)c(F)cc1[N+](=O)[O-]. The molecule has 104 valence electrons. The molecule has 7 nitrogen and oxygen atoms in total. The number of benzene rings is 1. The predicted octanol–water partition coefficient (Wildman–Crippen LogP) is 1.61. The van der Waals surface area contributed by atoms with E-state index in [0.29, 0.717) is 6.07 Å². The minimum absolute atomic E-state index is 0.0570. The van der Waals surface area contributed by atoms with Crippen LogP contribution in [0.15, 0.2) is 12.1 Å². The van der Waals surface area contributed by atoms with Gasteiger partial charge in [0.05, 0.1) is 22.2 Å². The summed E-state index contributed by atoms with van der Waals surface area (Å²) in [5.41, 5.74) is -2.59. The fraction of sp³-hybridized carbons (Fsp3) is 0.364. The van der Waals surface area contributed by atoms with Crippen molar-refractivity contribution in [1.29, 1.82) is 0 Å². The summed E-state index contributed by atoms with van der Waals surface area (Å²) in [6, 6.07) is 1.37. The highest BCUT2D eigenvalue weighted by molar-refractivity contribution is 5.90. The summed E-state index contributed by atoms with van der Waals surface area (Å²) in [7, 11) is 0. The van der Waals surface area contributed by atoms with E-state index in [4.69, 9.17) is 5.11 Å². The molecule has 0 aromatic heterocycles. The van der Waals surface area contributed by atoms with Gasteiger partial charge in [0.2, 0.25) is 0 Å². The maximum Gasteiger partial charge on any atom is 0.338 e. The van der Waals surface area contributed by atoms with E-state index in [1.54, 1.807) is 0 Å². The Kier molecular flexibility index (Phi) is 4.05. The zero-order valence-corrected chi connectivity index (χ0v) is 10.3. The number of nitrogens with zero attached hydrogens (tertiary/aromatic N) is 1. The van der Waals surface area contributed by atoms with Gasteiger partial charge in [0, 0.05) is 6.54 Å². The zero-order chi connectivity index (χ0) is 14.8. The van der Waals surface area contributed by atoms with Crippen LogP contribution in [-0.2, 0) is 0 Å². The van der Waals surface area contributed by atoms with Crippen LogP contribution in [0.5, 0.6) is 0 Å². The van der Waals surface area contributed by atoms with Crippen LogP contribution in [0.1, 0.15) is 24.2 Å². The lowest BCUT2D eigenvalue weighted by Gasteiger charge is -2.18. The van der Waals surface area contributed by atoms with E-state index >= 15 is 0 Å². The lowest BCUT2D eigenvalue weighted by Crippen LogP contribution is -2.29. The molecule has 1 aromatic rings.